The van der Waals surface area contributed by atoms with Gasteiger partial charge in [0, 0.05) is 11.8 Å². The molecule has 2 N–H and O–H groups in total. The molecule has 0 aliphatic heterocycles. The minimum Gasteiger partial charge on any atom is -0.494 e. The lowest BCUT2D eigenvalue weighted by Crippen LogP contribution is -2.16. The molecule has 0 saturated heterocycles. The first-order chi connectivity index (χ1) is 8.74. The SMILES string of the molecule is CCOc1ccccc1C(N)c1ncccc1F. The van der Waals surface area contributed by atoms with Crippen LogP contribution >= 0.6 is 0 Å². The Hall–Kier alpha value is -1.94. The Kier molecular flexibility index (Phi) is 3.89. The average Bonchev–Trinajstić information content (AvgIpc) is 2.40. The summed E-state index contributed by atoms with van der Waals surface area (Å²) in [7, 11) is 0. The lowest BCUT2D eigenvalue weighted by atomic mass is 10.0. The molecular weight excluding hydrogens is 231 g/mol. The van der Waals surface area contributed by atoms with Crippen LogP contribution in [0.1, 0.15) is 24.2 Å². The van der Waals surface area contributed by atoms with Crippen LogP contribution in [0.15, 0.2) is 42.6 Å². The van der Waals surface area contributed by atoms with Gasteiger partial charge in [0.05, 0.1) is 18.3 Å². The minimum atomic E-state index is -0.631. The predicted molar refractivity (Wildman–Crippen MR) is 67.8 cm³/mol. The van der Waals surface area contributed by atoms with E-state index < -0.39 is 11.9 Å². The molecule has 2 aromatic rings. The normalized spacial score (nSPS) is 12.2. The molecule has 0 amide bonds. The largest absolute Gasteiger partial charge is 0.494 e. The van der Waals surface area contributed by atoms with Gasteiger partial charge >= 0.3 is 0 Å². The molecule has 18 heavy (non-hydrogen) atoms. The Bertz CT molecular complexity index is 531. The molecule has 1 unspecified atom stereocenters. The number of hydrogen-bond acceptors (Lipinski definition) is 3. The zero-order valence-corrected chi connectivity index (χ0v) is 10.1. The highest BCUT2D eigenvalue weighted by molar-refractivity contribution is 5.39. The molecule has 0 aliphatic rings. The monoisotopic (exact) mass is 246 g/mol. The third-order valence-electron chi connectivity index (χ3n) is 2.64. The van der Waals surface area contributed by atoms with Gasteiger partial charge in [0.25, 0.3) is 0 Å². The van der Waals surface area contributed by atoms with Gasteiger partial charge in [-0.1, -0.05) is 18.2 Å². The molecule has 1 aromatic carbocycles. The lowest BCUT2D eigenvalue weighted by Gasteiger charge is -2.16. The summed E-state index contributed by atoms with van der Waals surface area (Å²) in [5.41, 5.74) is 7.03. The predicted octanol–water partition coefficient (Wildman–Crippen LogP) is 2.67. The summed E-state index contributed by atoms with van der Waals surface area (Å²) in [6, 6.07) is 9.61. The van der Waals surface area contributed by atoms with E-state index in [0.29, 0.717) is 12.4 Å². The fourth-order valence-electron chi connectivity index (χ4n) is 1.80. The van der Waals surface area contributed by atoms with Gasteiger partial charge in [-0.15, -0.1) is 0 Å². The molecule has 3 nitrogen and oxygen atoms in total. The summed E-state index contributed by atoms with van der Waals surface area (Å²) in [6.07, 6.45) is 1.53. The van der Waals surface area contributed by atoms with Crippen molar-refractivity contribution >= 4 is 0 Å². The van der Waals surface area contributed by atoms with Crippen LogP contribution in [-0.2, 0) is 0 Å². The summed E-state index contributed by atoms with van der Waals surface area (Å²) < 4.78 is 19.1. The first-order valence-electron chi connectivity index (χ1n) is 5.81. The maximum Gasteiger partial charge on any atom is 0.146 e. The maximum atomic E-state index is 13.7. The van der Waals surface area contributed by atoms with Crippen LogP contribution in [-0.4, -0.2) is 11.6 Å². The Morgan fingerprint density at radius 2 is 2.06 bits per heavy atom. The number of halogens is 1. The highest BCUT2D eigenvalue weighted by Crippen LogP contribution is 2.28. The van der Waals surface area contributed by atoms with Crippen molar-refractivity contribution in [3.8, 4) is 5.75 Å². The molecule has 1 heterocycles. The van der Waals surface area contributed by atoms with Gasteiger partial charge in [-0.25, -0.2) is 4.39 Å². The zero-order valence-electron chi connectivity index (χ0n) is 10.1. The fourth-order valence-corrected chi connectivity index (χ4v) is 1.80. The van der Waals surface area contributed by atoms with Crippen molar-refractivity contribution in [3.05, 3.63) is 59.7 Å². The Morgan fingerprint density at radius 3 is 2.78 bits per heavy atom. The summed E-state index contributed by atoms with van der Waals surface area (Å²) >= 11 is 0. The van der Waals surface area contributed by atoms with E-state index >= 15 is 0 Å². The number of hydrogen-bond donors (Lipinski definition) is 1. The molecular formula is C14H15FN2O. The highest BCUT2D eigenvalue weighted by Gasteiger charge is 2.18. The van der Waals surface area contributed by atoms with E-state index in [9.17, 15) is 4.39 Å². The van der Waals surface area contributed by atoms with Crippen LogP contribution in [0, 0.1) is 5.82 Å². The molecule has 4 heteroatoms. The number of benzene rings is 1. The van der Waals surface area contributed by atoms with E-state index in [0.717, 1.165) is 5.56 Å². The molecule has 0 fully saturated rings. The van der Waals surface area contributed by atoms with Crippen molar-refractivity contribution in [1.29, 1.82) is 0 Å². The second kappa shape index (κ2) is 5.60. The van der Waals surface area contributed by atoms with Gasteiger partial charge in [-0.3, -0.25) is 4.98 Å². The third kappa shape index (κ3) is 2.49. The van der Waals surface area contributed by atoms with Gasteiger partial charge in [-0.05, 0) is 25.1 Å². The van der Waals surface area contributed by atoms with Crippen molar-refractivity contribution in [2.75, 3.05) is 6.61 Å². The van der Waals surface area contributed by atoms with Gasteiger partial charge in [0.2, 0.25) is 0 Å². The number of para-hydroxylation sites is 1. The summed E-state index contributed by atoms with van der Waals surface area (Å²) in [6.45, 7) is 2.43. The molecule has 0 spiro atoms. The minimum absolute atomic E-state index is 0.227. The van der Waals surface area contributed by atoms with Gasteiger partial charge in [0.1, 0.15) is 11.6 Å². The maximum absolute atomic E-state index is 13.7. The van der Waals surface area contributed by atoms with E-state index in [1.807, 2.05) is 31.2 Å². The van der Waals surface area contributed by atoms with E-state index in [4.69, 9.17) is 10.5 Å². The van der Waals surface area contributed by atoms with E-state index in [-0.39, 0.29) is 5.69 Å². The quantitative estimate of drug-likeness (QED) is 0.902. The average molecular weight is 246 g/mol. The van der Waals surface area contributed by atoms with Crippen molar-refractivity contribution < 1.29 is 9.13 Å². The van der Waals surface area contributed by atoms with Crippen LogP contribution < -0.4 is 10.5 Å². The van der Waals surface area contributed by atoms with Crippen molar-refractivity contribution in [2.45, 2.75) is 13.0 Å². The smallest absolute Gasteiger partial charge is 0.146 e. The first kappa shape index (κ1) is 12.5. The molecule has 0 aliphatic carbocycles. The van der Waals surface area contributed by atoms with Gasteiger partial charge in [0.15, 0.2) is 0 Å². The van der Waals surface area contributed by atoms with Crippen LogP contribution in [0.5, 0.6) is 5.75 Å². The molecule has 1 atom stereocenters. The van der Waals surface area contributed by atoms with Crippen molar-refractivity contribution in [3.63, 3.8) is 0 Å². The lowest BCUT2D eigenvalue weighted by molar-refractivity contribution is 0.335. The summed E-state index contributed by atoms with van der Waals surface area (Å²) in [4.78, 5) is 4.00. The van der Waals surface area contributed by atoms with Crippen LogP contribution in [0.4, 0.5) is 4.39 Å². The van der Waals surface area contributed by atoms with E-state index in [1.54, 1.807) is 6.07 Å². The van der Waals surface area contributed by atoms with Gasteiger partial charge in [-0.2, -0.15) is 0 Å². The highest BCUT2D eigenvalue weighted by atomic mass is 19.1. The van der Waals surface area contributed by atoms with Crippen molar-refractivity contribution in [1.82, 2.24) is 4.98 Å². The zero-order chi connectivity index (χ0) is 13.0. The number of nitrogens with zero attached hydrogens (tertiary/aromatic N) is 1. The van der Waals surface area contributed by atoms with Gasteiger partial charge < -0.3 is 10.5 Å². The standard InChI is InChI=1S/C14H15FN2O/c1-2-18-12-8-4-3-6-10(12)13(16)14-11(15)7-5-9-17-14/h3-9,13H,2,16H2,1H3. The molecule has 0 saturated carbocycles. The summed E-state index contributed by atoms with van der Waals surface area (Å²) in [5, 5.41) is 0. The number of aromatic nitrogens is 1. The molecule has 0 bridgehead atoms. The number of pyridine rings is 1. The van der Waals surface area contributed by atoms with Crippen LogP contribution in [0.25, 0.3) is 0 Å². The third-order valence-corrected chi connectivity index (χ3v) is 2.64. The fraction of sp³-hybridized carbons (Fsp3) is 0.214. The van der Waals surface area contributed by atoms with Crippen molar-refractivity contribution in [2.24, 2.45) is 5.73 Å². The van der Waals surface area contributed by atoms with Crippen LogP contribution in [0.2, 0.25) is 0 Å². The topological polar surface area (TPSA) is 48.1 Å². The summed E-state index contributed by atoms with van der Waals surface area (Å²) in [5.74, 6) is 0.258. The Balaban J connectivity index is 2.40. The molecule has 2 rings (SSSR count). The van der Waals surface area contributed by atoms with Crippen LogP contribution in [0.3, 0.4) is 0 Å². The number of ether oxygens (including phenoxy) is 1. The second-order valence-corrected chi connectivity index (χ2v) is 3.82. The molecule has 1 aromatic heterocycles. The second-order valence-electron chi connectivity index (χ2n) is 3.82. The first-order valence-corrected chi connectivity index (χ1v) is 5.81. The Labute approximate surface area is 105 Å². The number of nitrogens with two attached hydrogens (primary N) is 1. The number of rotatable bonds is 4. The molecule has 94 valence electrons. The van der Waals surface area contributed by atoms with E-state index in [1.165, 1.54) is 12.3 Å². The Morgan fingerprint density at radius 1 is 1.28 bits per heavy atom. The molecule has 0 radical (unpaired) electrons. The van der Waals surface area contributed by atoms with E-state index in [2.05, 4.69) is 4.98 Å².